The zero-order valence-electron chi connectivity index (χ0n) is 22.4. The normalized spacial score (nSPS) is 11.9. The Morgan fingerprint density at radius 1 is 0.641 bits per heavy atom. The Morgan fingerprint density at radius 2 is 1.03 bits per heavy atom. The molecule has 39 heavy (non-hydrogen) atoms. The first-order valence-electron chi connectivity index (χ1n) is 12.2. The zero-order valence-corrected chi connectivity index (χ0v) is 24.6. The summed E-state index contributed by atoms with van der Waals surface area (Å²) in [6.07, 6.45) is 9.17. The van der Waals surface area contributed by atoms with Crippen molar-refractivity contribution in [2.45, 2.75) is 52.4 Å². The molecule has 0 aliphatic heterocycles. The average molecular weight is 704 g/mol. The van der Waals surface area contributed by atoms with E-state index in [9.17, 15) is 8.78 Å². The van der Waals surface area contributed by atoms with Crippen LogP contribution in [0.15, 0.2) is 48.8 Å². The molecule has 0 spiro atoms. The van der Waals surface area contributed by atoms with Crippen molar-refractivity contribution in [1.29, 1.82) is 0 Å². The van der Waals surface area contributed by atoms with E-state index >= 15 is 0 Å². The molecule has 0 amide bonds. The first-order chi connectivity index (χ1) is 17.9. The van der Waals surface area contributed by atoms with Crippen LogP contribution in [-0.4, -0.2) is 29.9 Å². The number of benzene rings is 2. The van der Waals surface area contributed by atoms with Gasteiger partial charge in [0.15, 0.2) is 0 Å². The molecule has 0 bridgehead atoms. The Labute approximate surface area is 239 Å². The number of halogens is 2. The van der Waals surface area contributed by atoms with Gasteiger partial charge in [-0.3, -0.25) is 0 Å². The number of aromatic nitrogens is 6. The molecule has 9 heteroatoms. The molecule has 0 unspecified atom stereocenters. The van der Waals surface area contributed by atoms with Gasteiger partial charge >= 0.3 is 21.1 Å². The maximum absolute atomic E-state index is 14.0. The van der Waals surface area contributed by atoms with Crippen LogP contribution in [0.1, 0.15) is 53.2 Å². The summed E-state index contributed by atoms with van der Waals surface area (Å²) in [6, 6.07) is 9.66. The fourth-order valence-electron chi connectivity index (χ4n) is 3.94. The van der Waals surface area contributed by atoms with Crippen LogP contribution in [-0.2, 0) is 31.9 Å². The van der Waals surface area contributed by atoms with Crippen molar-refractivity contribution in [3.63, 3.8) is 0 Å². The van der Waals surface area contributed by atoms with Gasteiger partial charge in [0.25, 0.3) is 0 Å². The van der Waals surface area contributed by atoms with Gasteiger partial charge in [-0.05, 0) is 69.3 Å². The zero-order chi connectivity index (χ0) is 27.2. The van der Waals surface area contributed by atoms with E-state index in [4.69, 9.17) is 0 Å². The number of hydrogen-bond donors (Lipinski definition) is 0. The van der Waals surface area contributed by atoms with Crippen LogP contribution in [0.3, 0.4) is 0 Å². The summed E-state index contributed by atoms with van der Waals surface area (Å²) in [5.41, 5.74) is 1.81. The molecule has 0 aliphatic rings. The molecule has 0 aliphatic carbocycles. The fraction of sp³-hybridized carbons (Fsp3) is 0.267. The predicted octanol–water partition coefficient (Wildman–Crippen LogP) is 6.83. The Hall–Kier alpha value is -3.51. The third-order valence-corrected chi connectivity index (χ3v) is 5.98. The molecule has 0 atom stereocenters. The topological polar surface area (TPSA) is 77.3 Å². The first-order valence-corrected chi connectivity index (χ1v) is 12.2. The monoisotopic (exact) mass is 703 g/mol. The largest absolute Gasteiger partial charge is 2.00 e. The van der Waals surface area contributed by atoms with Gasteiger partial charge in [-0.15, -0.1) is 0 Å². The number of pyridine rings is 2. The molecular formula is C30H26F2N6Pt. The van der Waals surface area contributed by atoms with E-state index in [1.54, 1.807) is 36.7 Å². The summed E-state index contributed by atoms with van der Waals surface area (Å²) in [7, 11) is 0. The van der Waals surface area contributed by atoms with Gasteiger partial charge in [0.2, 0.25) is 0 Å². The fourth-order valence-corrected chi connectivity index (χ4v) is 3.94. The quantitative estimate of drug-likeness (QED) is 0.128. The second-order valence-corrected chi connectivity index (χ2v) is 11.1. The van der Waals surface area contributed by atoms with E-state index in [1.807, 2.05) is 41.5 Å². The molecular weight excluding hydrogens is 677 g/mol. The van der Waals surface area contributed by atoms with E-state index in [0.717, 1.165) is 0 Å². The molecule has 0 saturated carbocycles. The van der Waals surface area contributed by atoms with E-state index in [2.05, 4.69) is 42.3 Å². The van der Waals surface area contributed by atoms with Crippen LogP contribution in [0.25, 0.3) is 43.6 Å². The molecule has 0 N–H and O–H groups in total. The number of hydrogen-bond acceptors (Lipinski definition) is 6. The van der Waals surface area contributed by atoms with Crippen molar-refractivity contribution in [1.82, 2.24) is 29.9 Å². The maximum Gasteiger partial charge on any atom is 2.00 e. The van der Waals surface area contributed by atoms with E-state index < -0.39 is 0 Å². The molecule has 6 nitrogen and oxygen atoms in total. The first kappa shape index (κ1) is 28.5. The van der Waals surface area contributed by atoms with Crippen LogP contribution in [0, 0.1) is 24.0 Å². The van der Waals surface area contributed by atoms with Crippen molar-refractivity contribution in [3.8, 4) is 0 Å². The van der Waals surface area contributed by atoms with Crippen molar-refractivity contribution in [2.24, 2.45) is 0 Å². The van der Waals surface area contributed by atoms with Crippen LogP contribution in [0.2, 0.25) is 0 Å². The molecule has 4 heterocycles. The van der Waals surface area contributed by atoms with E-state index in [1.165, 1.54) is 12.1 Å². The van der Waals surface area contributed by atoms with Crippen molar-refractivity contribution < 1.29 is 29.8 Å². The molecule has 6 aromatic rings. The Balaban J connectivity index is 0.000000176. The molecule has 6 rings (SSSR count). The summed E-state index contributed by atoms with van der Waals surface area (Å²) in [5, 5.41) is 2.26. The third kappa shape index (κ3) is 5.62. The summed E-state index contributed by atoms with van der Waals surface area (Å²) in [4.78, 5) is 25.8. The van der Waals surface area contributed by atoms with Gasteiger partial charge in [0.05, 0.1) is 0 Å². The Kier molecular flexibility index (Phi) is 7.72. The van der Waals surface area contributed by atoms with Crippen LogP contribution < -0.4 is 0 Å². The smallest absolute Gasteiger partial charge is 0.338 e. The van der Waals surface area contributed by atoms with Crippen LogP contribution in [0.5, 0.6) is 0 Å². The average Bonchev–Trinajstić information content (AvgIpc) is 2.88. The Morgan fingerprint density at radius 3 is 1.38 bits per heavy atom. The maximum atomic E-state index is 14.0. The van der Waals surface area contributed by atoms with Gasteiger partial charge in [0, 0.05) is 35.1 Å². The molecule has 4 aromatic heterocycles. The number of nitrogens with zero attached hydrogens (tertiary/aromatic N) is 6. The van der Waals surface area contributed by atoms with Gasteiger partial charge in [-0.25, -0.2) is 8.78 Å². The molecule has 0 radical (unpaired) electrons. The third-order valence-electron chi connectivity index (χ3n) is 5.98. The van der Waals surface area contributed by atoms with Gasteiger partial charge in [-0.1, -0.05) is 64.4 Å². The van der Waals surface area contributed by atoms with Crippen molar-refractivity contribution in [3.05, 3.63) is 84.5 Å². The second kappa shape index (κ2) is 10.6. The Bertz CT molecular complexity index is 1690. The SMILES string of the molecule is CC(C)(C)c1n[c-]c2c(cc(F)c3cccnc32)n1.CC(C)(C)c1n[c-]c2c(cc(F)c3cccnc32)n1.[Pt+2]. The van der Waals surface area contributed by atoms with Crippen LogP contribution >= 0.6 is 0 Å². The summed E-state index contributed by atoms with van der Waals surface area (Å²) in [6.45, 7) is 12.1. The number of fused-ring (bicyclic) bond motifs is 6. The van der Waals surface area contributed by atoms with Crippen molar-refractivity contribution in [2.75, 3.05) is 0 Å². The summed E-state index contributed by atoms with van der Waals surface area (Å²) < 4.78 is 28.1. The minimum absolute atomic E-state index is 0. The molecule has 2 aromatic carbocycles. The van der Waals surface area contributed by atoms with Crippen molar-refractivity contribution >= 4 is 43.6 Å². The van der Waals surface area contributed by atoms with Gasteiger partial charge in [-0.2, -0.15) is 0 Å². The van der Waals surface area contributed by atoms with Crippen LogP contribution in [0.4, 0.5) is 8.78 Å². The molecule has 0 fully saturated rings. The molecule has 200 valence electrons. The van der Waals surface area contributed by atoms with Gasteiger partial charge < -0.3 is 29.9 Å². The summed E-state index contributed by atoms with van der Waals surface area (Å²) in [5.74, 6) is 0.662. The molecule has 0 saturated heterocycles. The predicted molar refractivity (Wildman–Crippen MR) is 145 cm³/mol. The van der Waals surface area contributed by atoms with E-state index in [0.29, 0.717) is 55.3 Å². The van der Waals surface area contributed by atoms with E-state index in [-0.39, 0.29) is 43.5 Å². The van der Waals surface area contributed by atoms with Gasteiger partial charge in [0.1, 0.15) is 11.6 Å². The summed E-state index contributed by atoms with van der Waals surface area (Å²) >= 11 is 0. The second-order valence-electron chi connectivity index (χ2n) is 11.1. The standard InChI is InChI=1S/2C15H13FN3.Pt/c2*1-15(2,3)14-18-8-10-12(19-14)7-11(16)9-5-4-6-17-13(9)10;/h2*4-7H,1-3H3;/q2*-1;+2. The minimum Gasteiger partial charge on any atom is -0.338 e. The number of rotatable bonds is 0. The minimum atomic E-state index is -0.317.